The first-order valence-electron chi connectivity index (χ1n) is 4.73. The van der Waals surface area contributed by atoms with Gasteiger partial charge in [-0.15, -0.1) is 11.1 Å². The third-order valence-corrected chi connectivity index (χ3v) is 2.23. The molecule has 15 heavy (non-hydrogen) atoms. The van der Waals surface area contributed by atoms with Crippen LogP contribution in [0.1, 0.15) is 11.1 Å². The molecule has 0 unspecified atom stereocenters. The number of hydrogen-bond donors (Lipinski definition) is 0. The summed E-state index contributed by atoms with van der Waals surface area (Å²) < 4.78 is 0. The van der Waals surface area contributed by atoms with Crippen LogP contribution in [0.15, 0.2) is 36.4 Å². The van der Waals surface area contributed by atoms with Crippen LogP contribution >= 0.6 is 0 Å². The van der Waals surface area contributed by atoms with Crippen molar-refractivity contribution >= 4 is 0 Å². The van der Waals surface area contributed by atoms with E-state index in [1.54, 1.807) is 0 Å². The molecule has 0 fully saturated rings. The van der Waals surface area contributed by atoms with Crippen molar-refractivity contribution in [1.82, 2.24) is 0 Å². The van der Waals surface area contributed by atoms with E-state index in [1.807, 2.05) is 12.1 Å². The van der Waals surface area contributed by atoms with Gasteiger partial charge in [-0.25, -0.2) is 11.1 Å². The van der Waals surface area contributed by atoms with Gasteiger partial charge in [0.05, 0.1) is 0 Å². The zero-order chi connectivity index (χ0) is 9.97. The van der Waals surface area contributed by atoms with Crippen LogP contribution in [0.3, 0.4) is 0 Å². The molecule has 1 heteroatoms. The van der Waals surface area contributed by atoms with Crippen molar-refractivity contribution in [2.24, 2.45) is 0 Å². The minimum atomic E-state index is 0. The van der Waals surface area contributed by atoms with Gasteiger partial charge in [0.1, 0.15) is 0 Å². The Bertz CT molecular complexity index is 369. The molecule has 0 aliphatic rings. The molecule has 73 valence electrons. The Labute approximate surface area is 103 Å². The van der Waals surface area contributed by atoms with Crippen LogP contribution in [0.5, 0.6) is 0 Å². The predicted octanol–water partition coefficient (Wildman–Crippen LogP) is 3.57. The van der Waals surface area contributed by atoms with Gasteiger partial charge in [-0.2, -0.15) is 48.5 Å². The monoisotopic (exact) mass is 231 g/mol. The van der Waals surface area contributed by atoms with E-state index in [0.717, 1.165) is 11.1 Å². The second kappa shape index (κ2) is 5.20. The molecule has 0 N–H and O–H groups in total. The van der Waals surface area contributed by atoms with Gasteiger partial charge in [-0.05, 0) is 0 Å². The van der Waals surface area contributed by atoms with E-state index < -0.39 is 0 Å². The maximum absolute atomic E-state index is 3.24. The zero-order valence-corrected chi connectivity index (χ0v) is 10.3. The van der Waals surface area contributed by atoms with E-state index in [2.05, 4.69) is 50.2 Å². The fourth-order valence-electron chi connectivity index (χ4n) is 1.34. The standard InChI is InChI=1S/C14H12.V/c1-11-3-7-13(8-4-11)14-9-5-12(2)6-10-14;/h3-7,9H,1-2H3;/q-2;+2. The molecule has 0 aliphatic carbocycles. The van der Waals surface area contributed by atoms with Crippen molar-refractivity contribution < 1.29 is 18.6 Å². The van der Waals surface area contributed by atoms with Crippen LogP contribution in [0.25, 0.3) is 11.1 Å². The van der Waals surface area contributed by atoms with Crippen molar-refractivity contribution in [3.8, 4) is 11.1 Å². The summed E-state index contributed by atoms with van der Waals surface area (Å²) >= 11 is 0. The van der Waals surface area contributed by atoms with Crippen molar-refractivity contribution in [2.75, 3.05) is 0 Å². The first-order chi connectivity index (χ1) is 6.75. The van der Waals surface area contributed by atoms with Gasteiger partial charge in [0, 0.05) is 0 Å². The first-order valence-corrected chi connectivity index (χ1v) is 4.73. The average Bonchev–Trinajstić information content (AvgIpc) is 2.21. The van der Waals surface area contributed by atoms with Crippen LogP contribution in [-0.2, 0) is 18.6 Å². The summed E-state index contributed by atoms with van der Waals surface area (Å²) in [7, 11) is 0. The van der Waals surface area contributed by atoms with Gasteiger partial charge < -0.3 is 0 Å². The van der Waals surface area contributed by atoms with Gasteiger partial charge >= 0.3 is 18.6 Å². The number of aryl methyl sites for hydroxylation is 2. The van der Waals surface area contributed by atoms with Crippen molar-refractivity contribution in [3.63, 3.8) is 0 Å². The zero-order valence-electron chi connectivity index (χ0n) is 8.91. The number of rotatable bonds is 1. The molecule has 2 aromatic carbocycles. The quantitative estimate of drug-likeness (QED) is 0.658. The van der Waals surface area contributed by atoms with Crippen LogP contribution in [0.2, 0.25) is 0 Å². The number of benzene rings is 2. The third kappa shape index (κ3) is 2.99. The van der Waals surface area contributed by atoms with Gasteiger partial charge in [0.2, 0.25) is 0 Å². The third-order valence-electron chi connectivity index (χ3n) is 2.23. The maximum atomic E-state index is 3.24. The molecule has 0 nitrogen and oxygen atoms in total. The van der Waals surface area contributed by atoms with Crippen LogP contribution in [0, 0.1) is 26.0 Å². The molecule has 1 radical (unpaired) electrons. The van der Waals surface area contributed by atoms with Gasteiger partial charge in [-0.3, -0.25) is 0 Å². The minimum absolute atomic E-state index is 0. The van der Waals surface area contributed by atoms with Gasteiger partial charge in [0.15, 0.2) is 0 Å². The van der Waals surface area contributed by atoms with Crippen molar-refractivity contribution in [2.45, 2.75) is 13.8 Å². The predicted molar refractivity (Wildman–Crippen MR) is 59.0 cm³/mol. The Hall–Kier alpha value is -0.976. The summed E-state index contributed by atoms with van der Waals surface area (Å²) in [4.78, 5) is 0. The summed E-state index contributed by atoms with van der Waals surface area (Å²) in [6.45, 7) is 4.14. The van der Waals surface area contributed by atoms with E-state index in [1.165, 1.54) is 11.1 Å². The molecule has 0 amide bonds. The smallest absolute Gasteiger partial charge is 0.226 e. The fraction of sp³-hybridized carbons (Fsp3) is 0.143. The minimum Gasteiger partial charge on any atom is -0.226 e. The molecule has 0 spiro atoms. The van der Waals surface area contributed by atoms with E-state index in [9.17, 15) is 0 Å². The molecule has 0 saturated carbocycles. The first kappa shape index (κ1) is 12.1. The molecule has 0 saturated heterocycles. The molecule has 0 aliphatic heterocycles. The molecule has 2 rings (SSSR count). The number of hydrogen-bond acceptors (Lipinski definition) is 0. The normalized spacial score (nSPS) is 9.47. The summed E-state index contributed by atoms with van der Waals surface area (Å²) in [5.74, 6) is 0. The SMILES string of the molecule is Cc1c[c-]c(-c2[c-]cc(C)cc2)cc1.[V+2]. The molecular formula is C14H12V. The summed E-state index contributed by atoms with van der Waals surface area (Å²) in [5, 5.41) is 0. The van der Waals surface area contributed by atoms with Crippen LogP contribution in [0.4, 0.5) is 0 Å². The Balaban J connectivity index is 0.00000112. The Morgan fingerprint density at radius 3 is 1.40 bits per heavy atom. The second-order valence-electron chi connectivity index (χ2n) is 3.56. The largest absolute Gasteiger partial charge is 2.00 e. The Morgan fingerprint density at radius 1 is 0.733 bits per heavy atom. The van der Waals surface area contributed by atoms with Gasteiger partial charge in [0.25, 0.3) is 0 Å². The average molecular weight is 231 g/mol. The molecule has 0 bridgehead atoms. The fourth-order valence-corrected chi connectivity index (χ4v) is 1.34. The summed E-state index contributed by atoms with van der Waals surface area (Å²) in [6, 6.07) is 18.8. The molecular weight excluding hydrogens is 219 g/mol. The Kier molecular flexibility index (Phi) is 4.20. The molecule has 2 aromatic rings. The van der Waals surface area contributed by atoms with E-state index >= 15 is 0 Å². The van der Waals surface area contributed by atoms with Crippen molar-refractivity contribution in [3.05, 3.63) is 59.7 Å². The van der Waals surface area contributed by atoms with Gasteiger partial charge in [-0.1, -0.05) is 13.8 Å². The Morgan fingerprint density at radius 2 is 1.13 bits per heavy atom. The molecule has 0 aromatic heterocycles. The van der Waals surface area contributed by atoms with Crippen LogP contribution in [-0.4, -0.2) is 0 Å². The van der Waals surface area contributed by atoms with E-state index in [-0.39, 0.29) is 18.6 Å². The van der Waals surface area contributed by atoms with E-state index in [4.69, 9.17) is 0 Å². The molecule has 0 atom stereocenters. The maximum Gasteiger partial charge on any atom is 2.00 e. The van der Waals surface area contributed by atoms with Crippen LogP contribution < -0.4 is 0 Å². The topological polar surface area (TPSA) is 0 Å². The molecule has 0 heterocycles. The second-order valence-corrected chi connectivity index (χ2v) is 3.56. The van der Waals surface area contributed by atoms with Crippen molar-refractivity contribution in [1.29, 1.82) is 0 Å². The van der Waals surface area contributed by atoms with E-state index in [0.29, 0.717) is 0 Å². The summed E-state index contributed by atoms with van der Waals surface area (Å²) in [6.07, 6.45) is 0. The summed E-state index contributed by atoms with van der Waals surface area (Å²) in [5.41, 5.74) is 4.69.